The molecule has 167 valence electrons. The second-order valence-corrected chi connectivity index (χ2v) is 9.32. The van der Waals surface area contributed by atoms with E-state index in [4.69, 9.17) is 16.3 Å². The van der Waals surface area contributed by atoms with Crippen LogP contribution in [-0.4, -0.2) is 47.3 Å². The molecule has 1 aliphatic carbocycles. The van der Waals surface area contributed by atoms with Crippen molar-refractivity contribution in [3.63, 3.8) is 0 Å². The summed E-state index contributed by atoms with van der Waals surface area (Å²) in [5.74, 6) is 0.319. The molecule has 32 heavy (non-hydrogen) atoms. The molecule has 0 spiro atoms. The molecule has 6 heteroatoms. The number of rotatable bonds is 5. The Labute approximate surface area is 194 Å². The lowest BCUT2D eigenvalue weighted by molar-refractivity contribution is 0.186. The lowest BCUT2D eigenvalue weighted by Crippen LogP contribution is -2.38. The number of aromatic hydroxyl groups is 1. The van der Waals surface area contributed by atoms with E-state index >= 15 is 0 Å². The van der Waals surface area contributed by atoms with Crippen molar-refractivity contribution in [1.29, 1.82) is 0 Å². The van der Waals surface area contributed by atoms with Gasteiger partial charge in [-0.05, 0) is 87.0 Å². The fourth-order valence-corrected chi connectivity index (χ4v) is 5.39. The molecule has 1 aliphatic heterocycles. The van der Waals surface area contributed by atoms with E-state index in [-0.39, 0.29) is 10.8 Å². The summed E-state index contributed by atoms with van der Waals surface area (Å²) in [6.07, 6.45) is 9.36. The Hall–Kier alpha value is -2.50. The SMILES string of the molecule is COc1cc(-c2ccc3nc[c]c(NC4CCC(N5CCCC5)CC4)c3c2)cc(Cl)c1O. The van der Waals surface area contributed by atoms with Crippen LogP contribution in [0.3, 0.4) is 0 Å². The number of anilines is 1. The number of phenols is 1. The lowest BCUT2D eigenvalue weighted by atomic mass is 9.90. The predicted molar refractivity (Wildman–Crippen MR) is 130 cm³/mol. The van der Waals surface area contributed by atoms with Crippen molar-refractivity contribution in [2.75, 3.05) is 25.5 Å². The van der Waals surface area contributed by atoms with E-state index in [0.29, 0.717) is 11.8 Å². The molecule has 1 saturated carbocycles. The maximum atomic E-state index is 10.1. The van der Waals surface area contributed by atoms with E-state index in [2.05, 4.69) is 27.3 Å². The van der Waals surface area contributed by atoms with E-state index in [0.717, 1.165) is 33.8 Å². The summed E-state index contributed by atoms with van der Waals surface area (Å²) < 4.78 is 5.28. The number of hydrogen-bond acceptors (Lipinski definition) is 5. The number of aromatic nitrogens is 1. The van der Waals surface area contributed by atoms with Crippen LogP contribution in [0, 0.1) is 6.07 Å². The highest BCUT2D eigenvalue weighted by Crippen LogP contribution is 2.39. The largest absolute Gasteiger partial charge is 0.503 e. The number of fused-ring (bicyclic) bond motifs is 1. The molecule has 5 nitrogen and oxygen atoms in total. The third-order valence-corrected chi connectivity index (χ3v) is 7.25. The average Bonchev–Trinajstić information content (AvgIpc) is 3.36. The molecule has 1 radical (unpaired) electrons. The number of likely N-dealkylation sites (tertiary alicyclic amines) is 1. The van der Waals surface area contributed by atoms with Crippen molar-refractivity contribution in [2.45, 2.75) is 50.6 Å². The number of ether oxygens (including phenoxy) is 1. The van der Waals surface area contributed by atoms with Gasteiger partial charge in [0.25, 0.3) is 0 Å². The van der Waals surface area contributed by atoms with Crippen LogP contribution in [0.25, 0.3) is 22.0 Å². The van der Waals surface area contributed by atoms with Gasteiger partial charge in [-0.1, -0.05) is 17.7 Å². The highest BCUT2D eigenvalue weighted by Gasteiger charge is 2.27. The molecule has 2 aliphatic rings. The molecule has 2 N–H and O–H groups in total. The van der Waals surface area contributed by atoms with Crippen molar-refractivity contribution in [1.82, 2.24) is 9.88 Å². The van der Waals surface area contributed by atoms with Crippen LogP contribution in [0.4, 0.5) is 5.69 Å². The van der Waals surface area contributed by atoms with Gasteiger partial charge in [0, 0.05) is 29.7 Å². The van der Waals surface area contributed by atoms with E-state index < -0.39 is 0 Å². The van der Waals surface area contributed by atoms with Gasteiger partial charge in [0.1, 0.15) is 0 Å². The maximum Gasteiger partial charge on any atom is 0.176 e. The number of pyridine rings is 1. The average molecular weight is 451 g/mol. The molecular weight excluding hydrogens is 422 g/mol. The summed E-state index contributed by atoms with van der Waals surface area (Å²) in [6, 6.07) is 14.2. The van der Waals surface area contributed by atoms with Gasteiger partial charge in [-0.2, -0.15) is 0 Å². The standard InChI is InChI=1S/C26H29ClN3O2/c1-32-25-16-18(15-22(27)26(25)31)17-4-9-23-21(14-17)24(10-11-28-23)29-19-5-7-20(8-6-19)30-12-2-3-13-30/h4,9,11,14-16,19-20,31H,2-3,5-8,12-13H2,1H3,(H,28,29). The van der Waals surface area contributed by atoms with Gasteiger partial charge in [0.2, 0.25) is 0 Å². The maximum absolute atomic E-state index is 10.1. The Balaban J connectivity index is 1.38. The van der Waals surface area contributed by atoms with Crippen molar-refractivity contribution >= 4 is 28.2 Å². The van der Waals surface area contributed by atoms with Crippen LogP contribution in [0.15, 0.2) is 36.5 Å². The highest BCUT2D eigenvalue weighted by atomic mass is 35.5. The fourth-order valence-electron chi connectivity index (χ4n) is 5.18. The Morgan fingerprint density at radius 3 is 2.62 bits per heavy atom. The first kappa shape index (κ1) is 21.4. The van der Waals surface area contributed by atoms with E-state index in [9.17, 15) is 5.11 Å². The van der Waals surface area contributed by atoms with Crippen molar-refractivity contribution in [3.05, 3.63) is 47.6 Å². The monoisotopic (exact) mass is 450 g/mol. The number of nitrogens with one attached hydrogen (secondary N) is 1. The summed E-state index contributed by atoms with van der Waals surface area (Å²) in [7, 11) is 1.52. The zero-order valence-corrected chi connectivity index (χ0v) is 19.2. The van der Waals surface area contributed by atoms with Gasteiger partial charge in [-0.15, -0.1) is 0 Å². The first-order valence-corrected chi connectivity index (χ1v) is 11.9. The highest BCUT2D eigenvalue weighted by molar-refractivity contribution is 6.32. The summed E-state index contributed by atoms with van der Waals surface area (Å²) in [4.78, 5) is 7.19. The Kier molecular flexibility index (Phi) is 6.11. The normalized spacial score (nSPS) is 21.7. The summed E-state index contributed by atoms with van der Waals surface area (Å²) in [5, 5.41) is 15.1. The van der Waals surface area contributed by atoms with Gasteiger partial charge in [0.15, 0.2) is 11.5 Å². The molecule has 2 aromatic carbocycles. The fraction of sp³-hybridized carbons (Fsp3) is 0.423. The van der Waals surface area contributed by atoms with Crippen molar-refractivity contribution in [2.24, 2.45) is 0 Å². The number of benzene rings is 2. The van der Waals surface area contributed by atoms with Gasteiger partial charge >= 0.3 is 0 Å². The minimum absolute atomic E-state index is 0.0411. The molecule has 3 aromatic rings. The van der Waals surface area contributed by atoms with Crippen LogP contribution < -0.4 is 10.1 Å². The molecule has 0 amide bonds. The van der Waals surface area contributed by atoms with Crippen LogP contribution in [0.2, 0.25) is 5.02 Å². The number of phenolic OH excluding ortho intramolecular Hbond substituents is 1. The van der Waals surface area contributed by atoms with E-state index in [1.807, 2.05) is 12.1 Å². The van der Waals surface area contributed by atoms with Gasteiger partial charge in [0.05, 0.1) is 23.3 Å². The molecular formula is C26H29ClN3O2. The zero-order valence-electron chi connectivity index (χ0n) is 18.4. The van der Waals surface area contributed by atoms with Crippen LogP contribution >= 0.6 is 11.6 Å². The topological polar surface area (TPSA) is 57.6 Å². The second kappa shape index (κ2) is 9.16. The Bertz CT molecular complexity index is 1110. The van der Waals surface area contributed by atoms with E-state index in [1.165, 1.54) is 58.7 Å². The minimum Gasteiger partial charge on any atom is -0.503 e. The third-order valence-electron chi connectivity index (χ3n) is 6.96. The summed E-state index contributed by atoms with van der Waals surface area (Å²) in [6.45, 7) is 2.56. The Morgan fingerprint density at radius 2 is 1.88 bits per heavy atom. The summed E-state index contributed by atoms with van der Waals surface area (Å²) >= 11 is 6.22. The van der Waals surface area contributed by atoms with Gasteiger partial charge in [-0.3, -0.25) is 4.98 Å². The van der Waals surface area contributed by atoms with Crippen LogP contribution in [-0.2, 0) is 0 Å². The van der Waals surface area contributed by atoms with Crippen molar-refractivity contribution in [3.8, 4) is 22.6 Å². The molecule has 0 unspecified atom stereocenters. The lowest BCUT2D eigenvalue weighted by Gasteiger charge is -2.35. The van der Waals surface area contributed by atoms with Gasteiger partial charge < -0.3 is 20.1 Å². The van der Waals surface area contributed by atoms with Gasteiger partial charge in [-0.25, -0.2) is 0 Å². The molecule has 1 aromatic heterocycles. The first-order valence-electron chi connectivity index (χ1n) is 11.5. The van der Waals surface area contributed by atoms with E-state index in [1.54, 1.807) is 18.3 Å². The molecule has 1 saturated heterocycles. The zero-order chi connectivity index (χ0) is 22.1. The molecule has 2 fully saturated rings. The number of methoxy groups -OCH3 is 1. The number of hydrogen-bond donors (Lipinski definition) is 2. The quantitative estimate of drug-likeness (QED) is 0.507. The molecule has 2 heterocycles. The summed E-state index contributed by atoms with van der Waals surface area (Å²) in [5.41, 5.74) is 3.79. The van der Waals surface area contributed by atoms with Crippen molar-refractivity contribution < 1.29 is 9.84 Å². The molecule has 0 atom stereocenters. The Morgan fingerprint density at radius 1 is 1.09 bits per heavy atom. The van der Waals surface area contributed by atoms with Crippen LogP contribution in [0.5, 0.6) is 11.5 Å². The van der Waals surface area contributed by atoms with Crippen LogP contribution in [0.1, 0.15) is 38.5 Å². The predicted octanol–water partition coefficient (Wildman–Crippen LogP) is 5.89. The number of nitrogens with zero attached hydrogens (tertiary/aromatic N) is 2. The first-order chi connectivity index (χ1) is 15.6. The minimum atomic E-state index is -0.0411. The smallest absolute Gasteiger partial charge is 0.176 e. The number of halogens is 1. The molecule has 5 rings (SSSR count). The molecule has 0 bridgehead atoms. The third kappa shape index (κ3) is 4.24. The second-order valence-electron chi connectivity index (χ2n) is 8.91.